The van der Waals surface area contributed by atoms with Gasteiger partial charge in [0.25, 0.3) is 5.89 Å². The van der Waals surface area contributed by atoms with Crippen LogP contribution in [0.25, 0.3) is 11.5 Å². The predicted octanol–water partition coefficient (Wildman–Crippen LogP) is 3.54. The first kappa shape index (κ1) is 16.8. The number of nitrogens with zero attached hydrogens (tertiary/aromatic N) is 2. The zero-order valence-corrected chi connectivity index (χ0v) is 14.2. The van der Waals surface area contributed by atoms with Crippen LogP contribution in [0.2, 0.25) is 5.02 Å². The molecule has 0 saturated heterocycles. The van der Waals surface area contributed by atoms with Gasteiger partial charge >= 0.3 is 0 Å². The first-order chi connectivity index (χ1) is 10.5. The summed E-state index contributed by atoms with van der Waals surface area (Å²) in [5.41, 5.74) is 0.707. The standard InChI is InChI=1S/C15H18ClN3O2S/c1-9(2)17-14(20)10(3)22-8-13-18-15(21-19-13)11-6-4-5-7-12(11)16/h4-7,9-10H,8H2,1-3H3,(H,17,20)/t10-/m0/s1. The van der Waals surface area contributed by atoms with Gasteiger partial charge in [-0.05, 0) is 32.9 Å². The molecule has 0 aliphatic carbocycles. The van der Waals surface area contributed by atoms with E-state index in [4.69, 9.17) is 16.1 Å². The summed E-state index contributed by atoms with van der Waals surface area (Å²) in [6, 6.07) is 7.43. The zero-order valence-electron chi connectivity index (χ0n) is 12.7. The third-order valence-electron chi connectivity index (χ3n) is 2.83. The molecule has 1 atom stereocenters. The lowest BCUT2D eigenvalue weighted by molar-refractivity contribution is -0.120. The van der Waals surface area contributed by atoms with Gasteiger partial charge in [0.05, 0.1) is 21.6 Å². The summed E-state index contributed by atoms with van der Waals surface area (Å²) in [5.74, 6) is 1.44. The molecule has 2 aromatic rings. The molecule has 0 aliphatic rings. The number of carbonyl (C=O) groups is 1. The van der Waals surface area contributed by atoms with Crippen molar-refractivity contribution in [3.8, 4) is 11.5 Å². The summed E-state index contributed by atoms with van der Waals surface area (Å²) in [5, 5.41) is 7.19. The first-order valence-electron chi connectivity index (χ1n) is 6.97. The smallest absolute Gasteiger partial charge is 0.259 e. The van der Waals surface area contributed by atoms with Crippen molar-refractivity contribution in [3.05, 3.63) is 35.1 Å². The number of aromatic nitrogens is 2. The summed E-state index contributed by atoms with van der Waals surface area (Å²) in [4.78, 5) is 16.2. The Labute approximate surface area is 138 Å². The number of carbonyl (C=O) groups excluding carboxylic acids is 1. The second-order valence-electron chi connectivity index (χ2n) is 5.11. The first-order valence-corrected chi connectivity index (χ1v) is 8.39. The summed E-state index contributed by atoms with van der Waals surface area (Å²) < 4.78 is 5.23. The van der Waals surface area contributed by atoms with Crippen LogP contribution in [0, 0.1) is 0 Å². The van der Waals surface area contributed by atoms with E-state index in [9.17, 15) is 4.79 Å². The number of rotatable bonds is 6. The Hall–Kier alpha value is -1.53. The molecule has 7 heteroatoms. The van der Waals surface area contributed by atoms with E-state index in [1.54, 1.807) is 6.07 Å². The number of hydrogen-bond acceptors (Lipinski definition) is 5. The SMILES string of the molecule is CC(C)NC(=O)[C@H](C)SCc1noc(-c2ccccc2Cl)n1. The molecular formula is C15H18ClN3O2S. The van der Waals surface area contributed by atoms with Gasteiger partial charge in [-0.1, -0.05) is 28.9 Å². The predicted molar refractivity (Wildman–Crippen MR) is 88.8 cm³/mol. The van der Waals surface area contributed by atoms with Gasteiger partial charge in [-0.2, -0.15) is 4.98 Å². The van der Waals surface area contributed by atoms with E-state index in [1.165, 1.54) is 11.8 Å². The van der Waals surface area contributed by atoms with Crippen LogP contribution in [0.1, 0.15) is 26.6 Å². The second kappa shape index (κ2) is 7.65. The number of benzene rings is 1. The van der Waals surface area contributed by atoms with Gasteiger partial charge in [0.15, 0.2) is 5.82 Å². The van der Waals surface area contributed by atoms with Crippen molar-refractivity contribution in [2.75, 3.05) is 0 Å². The maximum absolute atomic E-state index is 11.8. The van der Waals surface area contributed by atoms with Crippen LogP contribution >= 0.6 is 23.4 Å². The molecular weight excluding hydrogens is 322 g/mol. The van der Waals surface area contributed by atoms with E-state index in [0.29, 0.717) is 28.1 Å². The van der Waals surface area contributed by atoms with Crippen LogP contribution in [-0.4, -0.2) is 27.3 Å². The van der Waals surface area contributed by atoms with Gasteiger partial charge < -0.3 is 9.84 Å². The quantitative estimate of drug-likeness (QED) is 0.871. The number of nitrogens with one attached hydrogen (secondary N) is 1. The Morgan fingerprint density at radius 1 is 1.36 bits per heavy atom. The summed E-state index contributed by atoms with van der Waals surface area (Å²) in [7, 11) is 0. The maximum Gasteiger partial charge on any atom is 0.259 e. The maximum atomic E-state index is 11.8. The fraction of sp³-hybridized carbons (Fsp3) is 0.400. The average molecular weight is 340 g/mol. The molecule has 1 heterocycles. The highest BCUT2D eigenvalue weighted by atomic mass is 35.5. The Morgan fingerprint density at radius 3 is 2.77 bits per heavy atom. The van der Waals surface area contributed by atoms with Crippen LogP contribution in [0.3, 0.4) is 0 Å². The van der Waals surface area contributed by atoms with Crippen molar-refractivity contribution in [2.45, 2.75) is 37.8 Å². The van der Waals surface area contributed by atoms with Crippen molar-refractivity contribution in [1.29, 1.82) is 0 Å². The van der Waals surface area contributed by atoms with Gasteiger partial charge in [-0.25, -0.2) is 0 Å². The molecule has 1 amide bonds. The fourth-order valence-corrected chi connectivity index (χ4v) is 2.69. The molecule has 1 N–H and O–H groups in total. The molecule has 0 fully saturated rings. The van der Waals surface area contributed by atoms with Gasteiger partial charge in [-0.3, -0.25) is 4.79 Å². The van der Waals surface area contributed by atoms with Crippen molar-refractivity contribution < 1.29 is 9.32 Å². The molecule has 22 heavy (non-hydrogen) atoms. The lowest BCUT2D eigenvalue weighted by Crippen LogP contribution is -2.35. The lowest BCUT2D eigenvalue weighted by atomic mass is 10.2. The van der Waals surface area contributed by atoms with Crippen molar-refractivity contribution in [1.82, 2.24) is 15.5 Å². The minimum atomic E-state index is -0.176. The Morgan fingerprint density at radius 2 is 2.09 bits per heavy atom. The van der Waals surface area contributed by atoms with Gasteiger partial charge in [0.1, 0.15) is 0 Å². The van der Waals surface area contributed by atoms with E-state index < -0.39 is 0 Å². The zero-order chi connectivity index (χ0) is 16.1. The molecule has 2 rings (SSSR count). The van der Waals surface area contributed by atoms with E-state index in [0.717, 1.165) is 0 Å². The van der Waals surface area contributed by atoms with Gasteiger partial charge in [0.2, 0.25) is 5.91 Å². The number of thioether (sulfide) groups is 1. The Kier molecular flexibility index (Phi) is 5.85. The van der Waals surface area contributed by atoms with Crippen LogP contribution in [0.4, 0.5) is 0 Å². The summed E-state index contributed by atoms with van der Waals surface area (Å²) in [6.45, 7) is 5.73. The number of amides is 1. The monoisotopic (exact) mass is 339 g/mol. The molecule has 1 aromatic carbocycles. The average Bonchev–Trinajstić information content (AvgIpc) is 2.93. The van der Waals surface area contributed by atoms with Crippen molar-refractivity contribution in [2.24, 2.45) is 0 Å². The third-order valence-corrected chi connectivity index (χ3v) is 4.30. The van der Waals surface area contributed by atoms with Crippen LogP contribution in [0.5, 0.6) is 0 Å². The highest BCUT2D eigenvalue weighted by Crippen LogP contribution is 2.26. The molecule has 5 nitrogen and oxygen atoms in total. The Bertz CT molecular complexity index is 645. The fourth-order valence-electron chi connectivity index (χ4n) is 1.73. The minimum absolute atomic E-state index is 0.00909. The lowest BCUT2D eigenvalue weighted by Gasteiger charge is -2.13. The van der Waals surface area contributed by atoms with Gasteiger partial charge in [-0.15, -0.1) is 11.8 Å². The third kappa shape index (κ3) is 4.48. The molecule has 0 spiro atoms. The topological polar surface area (TPSA) is 68.0 Å². The highest BCUT2D eigenvalue weighted by Gasteiger charge is 2.17. The molecule has 0 radical (unpaired) electrons. The molecule has 1 aromatic heterocycles. The molecule has 0 aliphatic heterocycles. The normalized spacial score (nSPS) is 12.4. The highest BCUT2D eigenvalue weighted by molar-refractivity contribution is 7.99. The van der Waals surface area contributed by atoms with E-state index >= 15 is 0 Å². The van der Waals surface area contributed by atoms with Gasteiger partial charge in [0, 0.05) is 6.04 Å². The summed E-state index contributed by atoms with van der Waals surface area (Å²) >= 11 is 7.56. The van der Waals surface area contributed by atoms with E-state index in [-0.39, 0.29) is 17.2 Å². The van der Waals surface area contributed by atoms with E-state index in [1.807, 2.05) is 39.0 Å². The number of hydrogen-bond donors (Lipinski definition) is 1. The van der Waals surface area contributed by atoms with Crippen LogP contribution < -0.4 is 5.32 Å². The second-order valence-corrected chi connectivity index (χ2v) is 6.85. The number of halogens is 1. The summed E-state index contributed by atoms with van der Waals surface area (Å²) in [6.07, 6.45) is 0. The van der Waals surface area contributed by atoms with Crippen LogP contribution in [0.15, 0.2) is 28.8 Å². The van der Waals surface area contributed by atoms with Crippen molar-refractivity contribution >= 4 is 29.3 Å². The molecule has 118 valence electrons. The Balaban J connectivity index is 1.96. The molecule has 0 bridgehead atoms. The molecule has 0 saturated carbocycles. The molecule has 0 unspecified atom stereocenters. The van der Waals surface area contributed by atoms with Crippen molar-refractivity contribution in [3.63, 3.8) is 0 Å². The van der Waals surface area contributed by atoms with E-state index in [2.05, 4.69) is 15.5 Å². The largest absolute Gasteiger partial charge is 0.353 e. The minimum Gasteiger partial charge on any atom is -0.353 e. The van der Waals surface area contributed by atoms with Crippen LogP contribution in [-0.2, 0) is 10.5 Å².